The summed E-state index contributed by atoms with van der Waals surface area (Å²) in [7, 11) is 0. The molecule has 1 rings (SSSR count). The van der Waals surface area contributed by atoms with Crippen molar-refractivity contribution in [1.29, 1.82) is 0 Å². The van der Waals surface area contributed by atoms with Crippen LogP contribution in [0.2, 0.25) is 0 Å². The van der Waals surface area contributed by atoms with E-state index >= 15 is 0 Å². The first kappa shape index (κ1) is 14.7. The van der Waals surface area contributed by atoms with E-state index in [9.17, 15) is 4.79 Å². The van der Waals surface area contributed by atoms with Crippen LogP contribution in [0.1, 0.15) is 45.2 Å². The SMILES string of the molecule is CCCc1cc(NC(=O)CCC(C)CCN)n[nH]1. The van der Waals surface area contributed by atoms with Crippen LogP contribution in [-0.4, -0.2) is 22.6 Å². The van der Waals surface area contributed by atoms with E-state index in [1.165, 1.54) is 0 Å². The fraction of sp³-hybridized carbons (Fsp3) is 0.692. The summed E-state index contributed by atoms with van der Waals surface area (Å²) in [4.78, 5) is 11.7. The zero-order chi connectivity index (χ0) is 13.4. The van der Waals surface area contributed by atoms with Crippen LogP contribution in [-0.2, 0) is 11.2 Å². The number of rotatable bonds is 8. The number of nitrogens with two attached hydrogens (primary N) is 1. The first-order chi connectivity index (χ1) is 8.65. The van der Waals surface area contributed by atoms with Crippen molar-refractivity contribution in [3.8, 4) is 0 Å². The molecule has 1 aromatic heterocycles. The van der Waals surface area contributed by atoms with Gasteiger partial charge in [-0.1, -0.05) is 20.3 Å². The lowest BCUT2D eigenvalue weighted by Gasteiger charge is -2.08. The van der Waals surface area contributed by atoms with Gasteiger partial charge in [0, 0.05) is 18.2 Å². The number of carbonyl (C=O) groups is 1. The maximum atomic E-state index is 11.7. The van der Waals surface area contributed by atoms with Crippen LogP contribution in [0.3, 0.4) is 0 Å². The Labute approximate surface area is 109 Å². The number of aromatic amines is 1. The summed E-state index contributed by atoms with van der Waals surface area (Å²) in [6, 6.07) is 1.89. The van der Waals surface area contributed by atoms with Crippen molar-refractivity contribution in [2.75, 3.05) is 11.9 Å². The quantitative estimate of drug-likeness (QED) is 0.662. The molecule has 1 unspecified atom stereocenters. The zero-order valence-corrected chi connectivity index (χ0v) is 11.3. The molecular weight excluding hydrogens is 228 g/mol. The number of nitrogens with zero attached hydrogens (tertiary/aromatic N) is 1. The number of anilines is 1. The van der Waals surface area contributed by atoms with E-state index in [1.807, 2.05) is 6.07 Å². The van der Waals surface area contributed by atoms with Gasteiger partial charge in [0.1, 0.15) is 0 Å². The number of H-pyrrole nitrogens is 1. The summed E-state index contributed by atoms with van der Waals surface area (Å²) in [5, 5.41) is 9.78. The fourth-order valence-electron chi connectivity index (χ4n) is 1.83. The number of nitrogens with one attached hydrogen (secondary N) is 2. The lowest BCUT2D eigenvalue weighted by Crippen LogP contribution is -2.14. The number of hydrogen-bond acceptors (Lipinski definition) is 3. The fourth-order valence-corrected chi connectivity index (χ4v) is 1.83. The summed E-state index contributed by atoms with van der Waals surface area (Å²) in [5.41, 5.74) is 6.54. The van der Waals surface area contributed by atoms with Gasteiger partial charge in [-0.2, -0.15) is 5.10 Å². The van der Waals surface area contributed by atoms with Crippen molar-refractivity contribution in [2.24, 2.45) is 11.7 Å². The molecule has 0 fully saturated rings. The van der Waals surface area contributed by atoms with Crippen LogP contribution in [0.4, 0.5) is 5.82 Å². The van der Waals surface area contributed by atoms with Gasteiger partial charge in [-0.3, -0.25) is 9.89 Å². The van der Waals surface area contributed by atoms with Gasteiger partial charge >= 0.3 is 0 Å². The van der Waals surface area contributed by atoms with E-state index < -0.39 is 0 Å². The van der Waals surface area contributed by atoms with Crippen LogP contribution >= 0.6 is 0 Å². The average molecular weight is 252 g/mol. The summed E-state index contributed by atoms with van der Waals surface area (Å²) in [6.45, 7) is 4.91. The molecule has 0 saturated carbocycles. The first-order valence-corrected chi connectivity index (χ1v) is 6.69. The van der Waals surface area contributed by atoms with Gasteiger partial charge in [0.25, 0.3) is 0 Å². The summed E-state index contributed by atoms with van der Waals surface area (Å²) >= 11 is 0. The number of hydrogen-bond donors (Lipinski definition) is 3. The van der Waals surface area contributed by atoms with Crippen LogP contribution in [0, 0.1) is 5.92 Å². The molecule has 4 N–H and O–H groups in total. The molecule has 0 aromatic carbocycles. The highest BCUT2D eigenvalue weighted by atomic mass is 16.1. The normalized spacial score (nSPS) is 12.4. The highest BCUT2D eigenvalue weighted by Crippen LogP contribution is 2.11. The van der Waals surface area contributed by atoms with Crippen LogP contribution < -0.4 is 11.1 Å². The Morgan fingerprint density at radius 2 is 2.33 bits per heavy atom. The van der Waals surface area contributed by atoms with Crippen LogP contribution in [0.25, 0.3) is 0 Å². The Bertz CT molecular complexity index is 362. The molecule has 1 heterocycles. The second kappa shape index (κ2) is 7.87. The Hall–Kier alpha value is -1.36. The second-order valence-electron chi connectivity index (χ2n) is 4.80. The molecule has 1 atom stereocenters. The first-order valence-electron chi connectivity index (χ1n) is 6.69. The molecule has 5 heteroatoms. The molecule has 5 nitrogen and oxygen atoms in total. The van der Waals surface area contributed by atoms with Gasteiger partial charge in [-0.05, 0) is 31.7 Å². The standard InChI is InChI=1S/C13H24N4O/c1-3-4-11-9-12(17-16-11)15-13(18)6-5-10(2)7-8-14/h9-10H,3-8,14H2,1-2H3,(H2,15,16,17,18). The minimum atomic E-state index is 0.0217. The van der Waals surface area contributed by atoms with Crippen LogP contribution in [0.5, 0.6) is 0 Å². The molecule has 1 aromatic rings. The molecule has 18 heavy (non-hydrogen) atoms. The van der Waals surface area contributed by atoms with Crippen molar-refractivity contribution in [3.63, 3.8) is 0 Å². The van der Waals surface area contributed by atoms with Gasteiger partial charge in [0.05, 0.1) is 0 Å². The Kier molecular flexibility index (Phi) is 6.43. The van der Waals surface area contributed by atoms with Crippen LogP contribution in [0.15, 0.2) is 6.07 Å². The van der Waals surface area contributed by atoms with Gasteiger partial charge in [0.2, 0.25) is 5.91 Å². The number of aromatic nitrogens is 2. The van der Waals surface area contributed by atoms with Gasteiger partial charge in [-0.15, -0.1) is 0 Å². The number of amides is 1. The lowest BCUT2D eigenvalue weighted by molar-refractivity contribution is -0.116. The minimum absolute atomic E-state index is 0.0217. The third-order valence-electron chi connectivity index (χ3n) is 2.94. The smallest absolute Gasteiger partial charge is 0.225 e. The number of carbonyl (C=O) groups excluding carboxylic acids is 1. The molecular formula is C13H24N4O. The van der Waals surface area contributed by atoms with E-state index in [0.29, 0.717) is 24.7 Å². The largest absolute Gasteiger partial charge is 0.330 e. The molecule has 0 aliphatic rings. The Morgan fingerprint density at radius 1 is 1.56 bits per heavy atom. The third kappa shape index (κ3) is 5.31. The molecule has 0 aliphatic heterocycles. The minimum Gasteiger partial charge on any atom is -0.330 e. The van der Waals surface area contributed by atoms with Gasteiger partial charge < -0.3 is 11.1 Å². The molecule has 0 saturated heterocycles. The molecule has 0 bridgehead atoms. The highest BCUT2D eigenvalue weighted by molar-refractivity contribution is 5.89. The zero-order valence-electron chi connectivity index (χ0n) is 11.3. The van der Waals surface area contributed by atoms with E-state index in [-0.39, 0.29) is 5.91 Å². The number of aryl methyl sites for hydroxylation is 1. The van der Waals surface area contributed by atoms with Gasteiger partial charge in [-0.25, -0.2) is 0 Å². The highest BCUT2D eigenvalue weighted by Gasteiger charge is 2.08. The second-order valence-corrected chi connectivity index (χ2v) is 4.80. The monoisotopic (exact) mass is 252 g/mol. The van der Waals surface area contributed by atoms with E-state index in [2.05, 4.69) is 29.4 Å². The molecule has 0 aliphatic carbocycles. The predicted molar refractivity (Wildman–Crippen MR) is 73.3 cm³/mol. The summed E-state index contributed by atoms with van der Waals surface area (Å²) in [6.07, 6.45) is 4.38. The maximum absolute atomic E-state index is 11.7. The summed E-state index contributed by atoms with van der Waals surface area (Å²) < 4.78 is 0. The van der Waals surface area contributed by atoms with E-state index in [4.69, 9.17) is 5.73 Å². The Balaban J connectivity index is 2.30. The molecule has 0 radical (unpaired) electrons. The third-order valence-corrected chi connectivity index (χ3v) is 2.94. The van der Waals surface area contributed by atoms with Gasteiger partial charge in [0.15, 0.2) is 5.82 Å². The topological polar surface area (TPSA) is 83.8 Å². The van der Waals surface area contributed by atoms with E-state index in [0.717, 1.165) is 31.4 Å². The van der Waals surface area contributed by atoms with Crippen molar-refractivity contribution in [3.05, 3.63) is 11.8 Å². The van der Waals surface area contributed by atoms with Crippen molar-refractivity contribution >= 4 is 11.7 Å². The summed E-state index contributed by atoms with van der Waals surface area (Å²) in [5.74, 6) is 1.14. The van der Waals surface area contributed by atoms with Crippen molar-refractivity contribution in [1.82, 2.24) is 10.2 Å². The van der Waals surface area contributed by atoms with Crippen molar-refractivity contribution in [2.45, 2.75) is 46.0 Å². The molecule has 1 amide bonds. The average Bonchev–Trinajstić information content (AvgIpc) is 2.75. The Morgan fingerprint density at radius 3 is 3.00 bits per heavy atom. The molecule has 0 spiro atoms. The lowest BCUT2D eigenvalue weighted by atomic mass is 10.0. The maximum Gasteiger partial charge on any atom is 0.225 e. The van der Waals surface area contributed by atoms with E-state index in [1.54, 1.807) is 0 Å². The van der Waals surface area contributed by atoms with Crippen molar-refractivity contribution < 1.29 is 4.79 Å². The molecule has 102 valence electrons. The predicted octanol–water partition coefficient (Wildman–Crippen LogP) is 2.07.